The molecule has 0 unspecified atom stereocenters. The number of cyclic esters (lactones) is 1. The van der Waals surface area contributed by atoms with Crippen LogP contribution < -0.4 is 9.64 Å². The van der Waals surface area contributed by atoms with Gasteiger partial charge in [-0.2, -0.15) is 4.31 Å². The van der Waals surface area contributed by atoms with Gasteiger partial charge >= 0.3 is 6.09 Å². The molecule has 174 valence electrons. The van der Waals surface area contributed by atoms with Crippen molar-refractivity contribution < 1.29 is 22.7 Å². The van der Waals surface area contributed by atoms with Crippen LogP contribution in [0, 0.1) is 6.92 Å². The smallest absolute Gasteiger partial charge is 0.415 e. The number of hydrogen-bond donors (Lipinski definition) is 0. The Hall–Kier alpha value is -2.33. The molecule has 0 aliphatic carbocycles. The van der Waals surface area contributed by atoms with E-state index in [9.17, 15) is 13.2 Å². The minimum absolute atomic E-state index is 0.179. The SMILES string of the molecule is COc1cccc2c1N(C1CCN(S(=O)(=O)c3sc4ccc(Cl)cc4c3C)CC1)C(=O)OC2. The van der Waals surface area contributed by atoms with E-state index in [4.69, 9.17) is 21.1 Å². The maximum atomic E-state index is 13.5. The Labute approximate surface area is 201 Å². The molecule has 1 saturated heterocycles. The fourth-order valence-electron chi connectivity index (χ4n) is 4.63. The lowest BCUT2D eigenvalue weighted by Gasteiger charge is -2.40. The number of amides is 1. The van der Waals surface area contributed by atoms with Gasteiger partial charge in [-0.05, 0) is 55.0 Å². The second-order valence-corrected chi connectivity index (χ2v) is 11.8. The van der Waals surface area contributed by atoms with Gasteiger partial charge in [-0.3, -0.25) is 4.90 Å². The molecule has 3 heterocycles. The average molecular weight is 507 g/mol. The summed E-state index contributed by atoms with van der Waals surface area (Å²) in [6, 6.07) is 10.8. The molecule has 1 aromatic heterocycles. The van der Waals surface area contributed by atoms with E-state index < -0.39 is 16.1 Å². The highest BCUT2D eigenvalue weighted by Crippen LogP contribution is 2.41. The van der Waals surface area contributed by atoms with Crippen molar-refractivity contribution in [1.29, 1.82) is 0 Å². The average Bonchev–Trinajstić information content (AvgIpc) is 3.15. The lowest BCUT2D eigenvalue weighted by molar-refractivity contribution is 0.135. The summed E-state index contributed by atoms with van der Waals surface area (Å²) >= 11 is 7.38. The van der Waals surface area contributed by atoms with Gasteiger partial charge in [0, 0.05) is 34.4 Å². The van der Waals surface area contributed by atoms with Gasteiger partial charge in [0.1, 0.15) is 16.6 Å². The van der Waals surface area contributed by atoms with E-state index in [0.29, 0.717) is 40.9 Å². The zero-order valence-electron chi connectivity index (χ0n) is 18.2. The van der Waals surface area contributed by atoms with E-state index in [2.05, 4.69) is 0 Å². The molecule has 1 amide bonds. The number of nitrogens with zero attached hydrogens (tertiary/aromatic N) is 2. The molecule has 2 aliphatic rings. The number of aryl methyl sites for hydroxylation is 1. The lowest BCUT2D eigenvalue weighted by atomic mass is 10.0. The Morgan fingerprint density at radius 2 is 1.94 bits per heavy atom. The fraction of sp³-hybridized carbons (Fsp3) is 0.348. The summed E-state index contributed by atoms with van der Waals surface area (Å²) in [4.78, 5) is 14.3. The predicted molar refractivity (Wildman–Crippen MR) is 129 cm³/mol. The van der Waals surface area contributed by atoms with Gasteiger partial charge < -0.3 is 9.47 Å². The van der Waals surface area contributed by atoms with Gasteiger partial charge in [0.25, 0.3) is 10.0 Å². The van der Waals surface area contributed by atoms with Crippen LogP contribution in [-0.2, 0) is 21.4 Å². The minimum Gasteiger partial charge on any atom is -0.495 e. The van der Waals surface area contributed by atoms with E-state index in [1.165, 1.54) is 15.6 Å². The summed E-state index contributed by atoms with van der Waals surface area (Å²) in [5.74, 6) is 0.610. The van der Waals surface area contributed by atoms with Crippen molar-refractivity contribution in [1.82, 2.24) is 4.31 Å². The van der Waals surface area contributed by atoms with Crippen LogP contribution in [0.2, 0.25) is 5.02 Å². The Bertz CT molecular complexity index is 1330. The number of hydrogen-bond acceptors (Lipinski definition) is 6. The zero-order valence-corrected chi connectivity index (χ0v) is 20.6. The molecule has 0 radical (unpaired) electrons. The van der Waals surface area contributed by atoms with Crippen molar-refractivity contribution in [3.05, 3.63) is 52.5 Å². The monoisotopic (exact) mass is 506 g/mol. The number of anilines is 1. The number of fused-ring (bicyclic) bond motifs is 2. The Kier molecular flexibility index (Phi) is 5.76. The summed E-state index contributed by atoms with van der Waals surface area (Å²) in [6.07, 6.45) is 0.578. The van der Waals surface area contributed by atoms with E-state index >= 15 is 0 Å². The van der Waals surface area contributed by atoms with Crippen LogP contribution in [0.1, 0.15) is 24.0 Å². The fourth-order valence-corrected chi connectivity index (χ4v) is 8.15. The zero-order chi connectivity index (χ0) is 23.3. The molecular weight excluding hydrogens is 484 g/mol. The van der Waals surface area contributed by atoms with E-state index in [1.807, 2.05) is 31.2 Å². The van der Waals surface area contributed by atoms with Crippen LogP contribution in [0.4, 0.5) is 10.5 Å². The summed E-state index contributed by atoms with van der Waals surface area (Å²) in [7, 11) is -2.09. The number of para-hydroxylation sites is 1. The molecule has 3 aromatic rings. The number of thiophene rings is 1. The molecule has 0 saturated carbocycles. The lowest BCUT2D eigenvalue weighted by Crippen LogP contribution is -2.50. The van der Waals surface area contributed by atoms with Gasteiger partial charge in [-0.1, -0.05) is 23.7 Å². The Morgan fingerprint density at radius 3 is 2.67 bits per heavy atom. The van der Waals surface area contributed by atoms with Crippen molar-refractivity contribution in [2.24, 2.45) is 0 Å². The molecule has 2 aromatic carbocycles. The van der Waals surface area contributed by atoms with Gasteiger partial charge in [-0.25, -0.2) is 13.2 Å². The number of carbonyl (C=O) groups is 1. The number of ether oxygens (including phenoxy) is 2. The van der Waals surface area contributed by atoms with E-state index in [0.717, 1.165) is 26.9 Å². The molecule has 5 rings (SSSR count). The second kappa shape index (κ2) is 8.47. The molecule has 0 bridgehead atoms. The van der Waals surface area contributed by atoms with Gasteiger partial charge in [0.15, 0.2) is 0 Å². The number of sulfonamides is 1. The van der Waals surface area contributed by atoms with Crippen molar-refractivity contribution in [2.75, 3.05) is 25.1 Å². The topological polar surface area (TPSA) is 76.2 Å². The number of carbonyl (C=O) groups excluding carboxylic acids is 1. The van der Waals surface area contributed by atoms with Crippen molar-refractivity contribution >= 4 is 54.8 Å². The largest absolute Gasteiger partial charge is 0.495 e. The summed E-state index contributed by atoms with van der Waals surface area (Å²) in [5, 5.41) is 1.44. The number of halogens is 1. The van der Waals surface area contributed by atoms with Gasteiger partial charge in [0.05, 0.1) is 12.8 Å². The predicted octanol–water partition coefficient (Wildman–Crippen LogP) is 5.18. The van der Waals surface area contributed by atoms with Crippen LogP contribution in [0.15, 0.2) is 40.6 Å². The van der Waals surface area contributed by atoms with Crippen molar-refractivity contribution in [3.63, 3.8) is 0 Å². The van der Waals surface area contributed by atoms with Crippen LogP contribution in [0.5, 0.6) is 5.75 Å². The number of rotatable bonds is 4. The first-order valence-electron chi connectivity index (χ1n) is 10.6. The molecule has 0 N–H and O–H groups in total. The highest BCUT2D eigenvalue weighted by atomic mass is 35.5. The summed E-state index contributed by atoms with van der Waals surface area (Å²) in [6.45, 7) is 2.65. The van der Waals surface area contributed by atoms with Gasteiger partial charge in [-0.15, -0.1) is 11.3 Å². The van der Waals surface area contributed by atoms with Gasteiger partial charge in [0.2, 0.25) is 0 Å². The Morgan fingerprint density at radius 1 is 1.18 bits per heavy atom. The van der Waals surface area contributed by atoms with E-state index in [1.54, 1.807) is 24.1 Å². The normalized spacial score (nSPS) is 17.8. The molecule has 7 nitrogen and oxygen atoms in total. The maximum Gasteiger partial charge on any atom is 0.415 e. The number of benzene rings is 2. The second-order valence-electron chi connectivity index (χ2n) is 8.18. The molecule has 1 fully saturated rings. The highest BCUT2D eigenvalue weighted by Gasteiger charge is 2.39. The molecule has 2 aliphatic heterocycles. The number of methoxy groups -OCH3 is 1. The highest BCUT2D eigenvalue weighted by molar-refractivity contribution is 7.91. The van der Waals surface area contributed by atoms with Crippen molar-refractivity contribution in [3.8, 4) is 5.75 Å². The van der Waals surface area contributed by atoms with E-state index in [-0.39, 0.29) is 12.6 Å². The third-order valence-corrected chi connectivity index (χ3v) is 10.3. The van der Waals surface area contributed by atoms with Crippen LogP contribution in [-0.4, -0.2) is 45.1 Å². The summed E-state index contributed by atoms with van der Waals surface area (Å²) < 4.78 is 40.6. The first-order chi connectivity index (χ1) is 15.8. The molecule has 10 heteroatoms. The third kappa shape index (κ3) is 3.77. The maximum absolute atomic E-state index is 13.5. The quantitative estimate of drug-likeness (QED) is 0.487. The first-order valence-corrected chi connectivity index (χ1v) is 13.3. The molecular formula is C23H23ClN2O5S2. The van der Waals surface area contributed by atoms with Crippen LogP contribution in [0.25, 0.3) is 10.1 Å². The molecule has 0 atom stereocenters. The number of piperidine rings is 1. The van der Waals surface area contributed by atoms with Crippen LogP contribution >= 0.6 is 22.9 Å². The minimum atomic E-state index is -3.66. The first kappa shape index (κ1) is 22.5. The third-order valence-electron chi connectivity index (χ3n) is 6.31. The summed E-state index contributed by atoms with van der Waals surface area (Å²) in [5.41, 5.74) is 2.32. The standard InChI is InChI=1S/C23H23ClN2O5S2/c1-14-18-12-16(24)6-7-20(18)32-22(14)33(28,29)25-10-8-17(9-11-25)26-21-15(13-31-23(26)27)4-3-5-19(21)30-2/h3-7,12,17H,8-11,13H2,1-2H3. The van der Waals surface area contributed by atoms with Crippen LogP contribution in [0.3, 0.4) is 0 Å². The molecule has 0 spiro atoms. The molecule has 33 heavy (non-hydrogen) atoms. The Balaban J connectivity index is 1.40. The van der Waals surface area contributed by atoms with Crippen molar-refractivity contribution in [2.45, 2.75) is 36.6 Å².